The number of nitrogens with zero attached hydrogens (tertiary/aromatic N) is 1. The third-order valence-corrected chi connectivity index (χ3v) is 4.83. The SMILES string of the molecule is CC(C)C1CCCN(C(c2cccc(F)c2)C(C)N)CC1. The van der Waals surface area contributed by atoms with Crippen LogP contribution in [0.1, 0.15) is 51.6 Å². The molecule has 3 atom stereocenters. The van der Waals surface area contributed by atoms with Crippen molar-refractivity contribution in [2.75, 3.05) is 13.1 Å². The van der Waals surface area contributed by atoms with E-state index in [9.17, 15) is 4.39 Å². The normalized spacial score (nSPS) is 23.8. The van der Waals surface area contributed by atoms with Crippen molar-refractivity contribution in [3.05, 3.63) is 35.6 Å². The van der Waals surface area contributed by atoms with E-state index < -0.39 is 0 Å². The Labute approximate surface area is 128 Å². The van der Waals surface area contributed by atoms with E-state index in [0.717, 1.165) is 30.5 Å². The molecule has 0 spiro atoms. The van der Waals surface area contributed by atoms with E-state index in [4.69, 9.17) is 5.73 Å². The van der Waals surface area contributed by atoms with E-state index in [0.29, 0.717) is 0 Å². The Morgan fingerprint density at radius 2 is 1.95 bits per heavy atom. The second-order valence-electron chi connectivity index (χ2n) is 6.83. The van der Waals surface area contributed by atoms with Gasteiger partial charge in [-0.2, -0.15) is 0 Å². The number of rotatable bonds is 4. The quantitative estimate of drug-likeness (QED) is 0.909. The van der Waals surface area contributed by atoms with Gasteiger partial charge >= 0.3 is 0 Å². The Kier molecular flexibility index (Phi) is 5.77. The van der Waals surface area contributed by atoms with Gasteiger partial charge in [0.15, 0.2) is 0 Å². The molecular formula is C18H29FN2. The largest absolute Gasteiger partial charge is 0.326 e. The van der Waals surface area contributed by atoms with Gasteiger partial charge < -0.3 is 5.73 Å². The van der Waals surface area contributed by atoms with Crippen molar-refractivity contribution in [1.82, 2.24) is 4.90 Å². The van der Waals surface area contributed by atoms with Gasteiger partial charge in [0.2, 0.25) is 0 Å². The van der Waals surface area contributed by atoms with E-state index in [1.54, 1.807) is 12.1 Å². The van der Waals surface area contributed by atoms with Crippen molar-refractivity contribution in [2.45, 2.75) is 52.1 Å². The number of hydrogen-bond acceptors (Lipinski definition) is 2. The van der Waals surface area contributed by atoms with Crippen LogP contribution >= 0.6 is 0 Å². The summed E-state index contributed by atoms with van der Waals surface area (Å²) in [6.45, 7) is 8.78. The molecule has 1 aromatic carbocycles. The molecule has 3 heteroatoms. The summed E-state index contributed by atoms with van der Waals surface area (Å²) in [5, 5.41) is 0. The molecule has 1 aliphatic heterocycles. The Morgan fingerprint density at radius 1 is 1.19 bits per heavy atom. The van der Waals surface area contributed by atoms with Gasteiger partial charge in [-0.1, -0.05) is 26.0 Å². The molecule has 1 saturated heterocycles. The molecule has 1 heterocycles. The standard InChI is InChI=1S/C18H29FN2/c1-13(2)15-7-5-10-21(11-9-15)18(14(3)20)16-6-4-8-17(19)12-16/h4,6,8,12-15,18H,5,7,9-11,20H2,1-3H3. The van der Waals surface area contributed by atoms with Crippen LogP contribution in [-0.4, -0.2) is 24.0 Å². The van der Waals surface area contributed by atoms with Crippen molar-refractivity contribution in [1.29, 1.82) is 0 Å². The van der Waals surface area contributed by atoms with Gasteiger partial charge in [-0.25, -0.2) is 4.39 Å². The average Bonchev–Trinajstić information content (AvgIpc) is 2.64. The van der Waals surface area contributed by atoms with Crippen molar-refractivity contribution in [3.63, 3.8) is 0 Å². The Balaban J connectivity index is 2.15. The number of hydrogen-bond donors (Lipinski definition) is 1. The molecule has 0 amide bonds. The highest BCUT2D eigenvalue weighted by molar-refractivity contribution is 5.21. The van der Waals surface area contributed by atoms with Crippen molar-refractivity contribution in [3.8, 4) is 0 Å². The molecule has 1 aromatic rings. The number of halogens is 1. The zero-order chi connectivity index (χ0) is 15.4. The Hall–Kier alpha value is -0.930. The molecule has 2 nitrogen and oxygen atoms in total. The predicted molar refractivity (Wildman–Crippen MR) is 86.5 cm³/mol. The highest BCUT2D eigenvalue weighted by Crippen LogP contribution is 2.30. The molecule has 0 bridgehead atoms. The van der Waals surface area contributed by atoms with E-state index in [1.807, 2.05) is 13.0 Å². The first kappa shape index (κ1) is 16.4. The van der Waals surface area contributed by atoms with Gasteiger partial charge in [0.05, 0.1) is 0 Å². The zero-order valence-electron chi connectivity index (χ0n) is 13.6. The molecule has 2 rings (SSSR count). The molecule has 0 saturated carbocycles. The van der Waals surface area contributed by atoms with Crippen LogP contribution in [0, 0.1) is 17.7 Å². The molecule has 0 aromatic heterocycles. The lowest BCUT2D eigenvalue weighted by Crippen LogP contribution is -2.40. The fourth-order valence-electron chi connectivity index (χ4n) is 3.63. The minimum absolute atomic E-state index is 0.00222. The van der Waals surface area contributed by atoms with E-state index >= 15 is 0 Å². The molecular weight excluding hydrogens is 263 g/mol. The summed E-state index contributed by atoms with van der Waals surface area (Å²) in [5.41, 5.74) is 7.24. The van der Waals surface area contributed by atoms with Gasteiger partial charge in [-0.05, 0) is 68.8 Å². The smallest absolute Gasteiger partial charge is 0.123 e. The Morgan fingerprint density at radius 3 is 2.57 bits per heavy atom. The van der Waals surface area contributed by atoms with Crippen molar-refractivity contribution < 1.29 is 4.39 Å². The summed E-state index contributed by atoms with van der Waals surface area (Å²) in [7, 11) is 0. The van der Waals surface area contributed by atoms with Crippen LogP contribution in [0.4, 0.5) is 4.39 Å². The van der Waals surface area contributed by atoms with Crippen LogP contribution in [0.15, 0.2) is 24.3 Å². The fraction of sp³-hybridized carbons (Fsp3) is 0.667. The molecule has 21 heavy (non-hydrogen) atoms. The summed E-state index contributed by atoms with van der Waals surface area (Å²) in [6.07, 6.45) is 3.72. The lowest BCUT2D eigenvalue weighted by atomic mass is 9.89. The van der Waals surface area contributed by atoms with E-state index in [1.165, 1.54) is 25.3 Å². The van der Waals surface area contributed by atoms with Crippen LogP contribution in [-0.2, 0) is 0 Å². The maximum absolute atomic E-state index is 13.5. The second-order valence-corrected chi connectivity index (χ2v) is 6.83. The maximum Gasteiger partial charge on any atom is 0.123 e. The monoisotopic (exact) mass is 292 g/mol. The maximum atomic E-state index is 13.5. The highest BCUT2D eigenvalue weighted by Gasteiger charge is 2.27. The van der Waals surface area contributed by atoms with Gasteiger partial charge in [-0.3, -0.25) is 4.90 Å². The van der Waals surface area contributed by atoms with Crippen molar-refractivity contribution in [2.24, 2.45) is 17.6 Å². The molecule has 0 aliphatic carbocycles. The molecule has 2 N–H and O–H groups in total. The van der Waals surface area contributed by atoms with Gasteiger partial charge in [0.1, 0.15) is 5.82 Å². The van der Waals surface area contributed by atoms with Crippen molar-refractivity contribution >= 4 is 0 Å². The first-order valence-corrected chi connectivity index (χ1v) is 8.24. The first-order valence-electron chi connectivity index (χ1n) is 8.24. The lowest BCUT2D eigenvalue weighted by Gasteiger charge is -2.34. The van der Waals surface area contributed by atoms with E-state index in [2.05, 4.69) is 18.7 Å². The highest BCUT2D eigenvalue weighted by atomic mass is 19.1. The predicted octanol–water partition coefficient (Wildman–Crippen LogP) is 3.97. The molecule has 3 unspecified atom stereocenters. The number of likely N-dealkylation sites (tertiary alicyclic amines) is 1. The third kappa shape index (κ3) is 4.27. The summed E-state index contributed by atoms with van der Waals surface area (Å²) >= 11 is 0. The minimum Gasteiger partial charge on any atom is -0.326 e. The minimum atomic E-state index is -0.173. The van der Waals surface area contributed by atoms with Gasteiger partial charge in [0.25, 0.3) is 0 Å². The molecule has 0 radical (unpaired) electrons. The summed E-state index contributed by atoms with van der Waals surface area (Å²) in [4.78, 5) is 2.46. The van der Waals surface area contributed by atoms with Crippen LogP contribution in [0.5, 0.6) is 0 Å². The van der Waals surface area contributed by atoms with E-state index in [-0.39, 0.29) is 17.9 Å². The number of nitrogens with two attached hydrogens (primary N) is 1. The zero-order valence-corrected chi connectivity index (χ0v) is 13.6. The number of benzene rings is 1. The summed E-state index contributed by atoms with van der Waals surface area (Å²) in [5.74, 6) is 1.37. The lowest BCUT2D eigenvalue weighted by molar-refractivity contribution is 0.178. The van der Waals surface area contributed by atoms with Crippen LogP contribution in [0.2, 0.25) is 0 Å². The fourth-order valence-corrected chi connectivity index (χ4v) is 3.63. The topological polar surface area (TPSA) is 29.3 Å². The molecule has 1 fully saturated rings. The summed E-state index contributed by atoms with van der Waals surface area (Å²) in [6, 6.07) is 7.04. The van der Waals surface area contributed by atoms with Gasteiger partial charge in [0, 0.05) is 12.1 Å². The third-order valence-electron chi connectivity index (χ3n) is 4.83. The molecule has 1 aliphatic rings. The van der Waals surface area contributed by atoms with Crippen LogP contribution < -0.4 is 5.73 Å². The first-order chi connectivity index (χ1) is 9.99. The average molecular weight is 292 g/mol. The molecule has 118 valence electrons. The Bertz CT molecular complexity index is 445. The second kappa shape index (κ2) is 7.37. The van der Waals surface area contributed by atoms with Crippen LogP contribution in [0.3, 0.4) is 0 Å². The summed E-state index contributed by atoms with van der Waals surface area (Å²) < 4.78 is 13.5. The van der Waals surface area contributed by atoms with Crippen LogP contribution in [0.25, 0.3) is 0 Å². The van der Waals surface area contributed by atoms with Gasteiger partial charge in [-0.15, -0.1) is 0 Å².